The van der Waals surface area contributed by atoms with Crippen LogP contribution in [0.3, 0.4) is 0 Å². The lowest BCUT2D eigenvalue weighted by Crippen LogP contribution is -2.35. The summed E-state index contributed by atoms with van der Waals surface area (Å²) in [5.74, 6) is 1.43. The third-order valence-corrected chi connectivity index (χ3v) is 8.60. The Balaban J connectivity index is 1.20. The van der Waals surface area contributed by atoms with Gasteiger partial charge in [-0.3, -0.25) is 10.1 Å². The van der Waals surface area contributed by atoms with Gasteiger partial charge in [0, 0.05) is 53.3 Å². The van der Waals surface area contributed by atoms with Crippen LogP contribution < -0.4 is 10.6 Å². The number of aromatic nitrogens is 6. The molecule has 3 N–H and O–H groups in total. The number of piperidine rings is 1. The number of halogens is 1. The van der Waals surface area contributed by atoms with Crippen molar-refractivity contribution in [3.05, 3.63) is 58.6 Å². The molecule has 7 rings (SSSR count). The normalized spacial score (nSPS) is 23.7. The predicted molar refractivity (Wildman–Crippen MR) is 129 cm³/mol. The molecule has 2 aliphatic rings. The molecule has 0 bridgehead atoms. The number of H-pyrrole nitrogens is 1. The SMILES string of the molecule is Cc1csc([C@]2(CN)[C@@H]3CN(c4cnc5c(-c6ccc(F)c7ncccc67)n[nH]c5n4)C[C@@H]32)n1. The first-order chi connectivity index (χ1) is 16.6. The van der Waals surface area contributed by atoms with Gasteiger partial charge in [0.05, 0.1) is 6.20 Å². The Bertz CT molecular complexity index is 1560. The summed E-state index contributed by atoms with van der Waals surface area (Å²) in [6.07, 6.45) is 3.38. The number of aryl methyl sites for hydroxylation is 1. The van der Waals surface area contributed by atoms with Crippen LogP contribution in [0, 0.1) is 24.6 Å². The number of aromatic amines is 1. The van der Waals surface area contributed by atoms with E-state index in [2.05, 4.69) is 25.5 Å². The number of hydrogen-bond donors (Lipinski definition) is 2. The summed E-state index contributed by atoms with van der Waals surface area (Å²) in [6.45, 7) is 4.42. The first kappa shape index (κ1) is 19.9. The van der Waals surface area contributed by atoms with E-state index in [-0.39, 0.29) is 11.2 Å². The highest BCUT2D eigenvalue weighted by Crippen LogP contribution is 2.63. The van der Waals surface area contributed by atoms with Gasteiger partial charge in [-0.1, -0.05) is 6.07 Å². The van der Waals surface area contributed by atoms with Gasteiger partial charge >= 0.3 is 0 Å². The topological polar surface area (TPSA) is 110 Å². The number of rotatable bonds is 4. The van der Waals surface area contributed by atoms with E-state index >= 15 is 0 Å². The molecule has 170 valence electrons. The molecule has 1 aliphatic heterocycles. The predicted octanol–water partition coefficient (Wildman–Crippen LogP) is 3.43. The summed E-state index contributed by atoms with van der Waals surface area (Å²) in [7, 11) is 0. The zero-order chi connectivity index (χ0) is 23.0. The number of pyridine rings is 1. The van der Waals surface area contributed by atoms with Gasteiger partial charge in [0.1, 0.15) is 33.4 Å². The fourth-order valence-corrected chi connectivity index (χ4v) is 6.81. The molecule has 0 unspecified atom stereocenters. The third kappa shape index (κ3) is 2.63. The lowest BCUT2D eigenvalue weighted by molar-refractivity contribution is 0.549. The zero-order valence-corrected chi connectivity index (χ0v) is 19.2. The van der Waals surface area contributed by atoms with Gasteiger partial charge in [-0.05, 0) is 37.0 Å². The minimum absolute atomic E-state index is 0.00574. The summed E-state index contributed by atoms with van der Waals surface area (Å²) in [4.78, 5) is 20.7. The van der Waals surface area contributed by atoms with E-state index in [0.29, 0.717) is 46.1 Å². The highest BCUT2D eigenvalue weighted by molar-refractivity contribution is 7.09. The second kappa shape index (κ2) is 7.00. The summed E-state index contributed by atoms with van der Waals surface area (Å²) >= 11 is 1.72. The van der Waals surface area contributed by atoms with Crippen molar-refractivity contribution in [2.24, 2.45) is 17.6 Å². The Kier molecular flexibility index (Phi) is 4.10. The first-order valence-corrected chi connectivity index (χ1v) is 12.1. The van der Waals surface area contributed by atoms with Crippen LogP contribution in [-0.4, -0.2) is 49.8 Å². The molecule has 0 spiro atoms. The van der Waals surface area contributed by atoms with Crippen LogP contribution in [0.4, 0.5) is 10.2 Å². The molecular formula is C24H21FN8S. The Morgan fingerprint density at radius 2 is 2.03 bits per heavy atom. The minimum atomic E-state index is -0.360. The Morgan fingerprint density at radius 1 is 1.18 bits per heavy atom. The van der Waals surface area contributed by atoms with Gasteiger partial charge in [-0.2, -0.15) is 5.10 Å². The summed E-state index contributed by atoms with van der Waals surface area (Å²) in [5, 5.41) is 11.5. The largest absolute Gasteiger partial charge is 0.355 e. The van der Waals surface area contributed by atoms with Crippen molar-refractivity contribution in [1.29, 1.82) is 0 Å². The molecule has 1 saturated carbocycles. The fraction of sp³-hybridized carbons (Fsp3) is 0.292. The van der Waals surface area contributed by atoms with E-state index in [1.807, 2.05) is 13.0 Å². The van der Waals surface area contributed by atoms with Crippen LogP contribution in [0.25, 0.3) is 33.3 Å². The lowest BCUT2D eigenvalue weighted by atomic mass is 10.0. The molecule has 2 fully saturated rings. The maximum absolute atomic E-state index is 14.2. The molecular weight excluding hydrogens is 451 g/mol. The van der Waals surface area contributed by atoms with Crippen molar-refractivity contribution in [3.63, 3.8) is 0 Å². The first-order valence-electron chi connectivity index (χ1n) is 11.2. The van der Waals surface area contributed by atoms with Gasteiger partial charge in [-0.25, -0.2) is 19.3 Å². The van der Waals surface area contributed by atoms with Gasteiger partial charge in [0.2, 0.25) is 0 Å². The van der Waals surface area contributed by atoms with E-state index in [4.69, 9.17) is 20.7 Å². The number of nitrogens with one attached hydrogen (secondary N) is 1. The maximum Gasteiger partial charge on any atom is 0.177 e. The second-order valence-electron chi connectivity index (χ2n) is 9.15. The molecule has 5 heterocycles. The van der Waals surface area contributed by atoms with Gasteiger partial charge < -0.3 is 10.6 Å². The molecule has 5 aromatic rings. The van der Waals surface area contributed by atoms with Crippen molar-refractivity contribution in [2.45, 2.75) is 12.3 Å². The Morgan fingerprint density at radius 3 is 2.79 bits per heavy atom. The molecule has 0 radical (unpaired) electrons. The number of nitrogens with zero attached hydrogens (tertiary/aromatic N) is 6. The smallest absolute Gasteiger partial charge is 0.177 e. The Labute approximate surface area is 198 Å². The van der Waals surface area contributed by atoms with Crippen LogP contribution in [-0.2, 0) is 5.41 Å². The fourth-order valence-electron chi connectivity index (χ4n) is 5.67. The molecule has 1 aromatic carbocycles. The van der Waals surface area contributed by atoms with Gasteiger partial charge in [0.25, 0.3) is 0 Å². The maximum atomic E-state index is 14.2. The van der Waals surface area contributed by atoms with Crippen molar-refractivity contribution < 1.29 is 4.39 Å². The molecule has 10 heteroatoms. The highest BCUT2D eigenvalue weighted by atomic mass is 32.1. The molecule has 1 saturated heterocycles. The summed E-state index contributed by atoms with van der Waals surface area (Å²) < 4.78 is 14.2. The van der Waals surface area contributed by atoms with Gasteiger partial charge in [-0.15, -0.1) is 11.3 Å². The standard InChI is InChI=1S/C24H21FN8S/c1-12-10-34-23(29-12)24(11-26)15-8-33(9-16(15)24)18-7-28-21-20(31-32-22(21)30-18)14-4-5-17(25)19-13(14)3-2-6-27-19/h2-7,10,15-16H,8-9,11,26H2,1H3,(H,30,31,32)/t15-,16+,24-. The summed E-state index contributed by atoms with van der Waals surface area (Å²) in [5.41, 5.74) is 10.3. The van der Waals surface area contributed by atoms with Crippen LogP contribution in [0.5, 0.6) is 0 Å². The van der Waals surface area contributed by atoms with Crippen LogP contribution >= 0.6 is 11.3 Å². The molecule has 3 atom stereocenters. The van der Waals surface area contributed by atoms with E-state index in [1.165, 1.54) is 11.1 Å². The van der Waals surface area contributed by atoms with E-state index in [1.54, 1.807) is 35.9 Å². The quantitative estimate of drug-likeness (QED) is 0.412. The van der Waals surface area contributed by atoms with Crippen molar-refractivity contribution >= 4 is 39.2 Å². The minimum Gasteiger partial charge on any atom is -0.355 e. The Hall–Kier alpha value is -3.50. The zero-order valence-electron chi connectivity index (χ0n) is 18.4. The van der Waals surface area contributed by atoms with E-state index in [9.17, 15) is 4.39 Å². The number of thiazole rings is 1. The van der Waals surface area contributed by atoms with Crippen LogP contribution in [0.1, 0.15) is 10.7 Å². The molecule has 0 amide bonds. The number of hydrogen-bond acceptors (Lipinski definition) is 8. The third-order valence-electron chi connectivity index (χ3n) is 7.45. The summed E-state index contributed by atoms with van der Waals surface area (Å²) in [6, 6.07) is 6.76. The number of fused-ring (bicyclic) bond motifs is 3. The highest BCUT2D eigenvalue weighted by Gasteiger charge is 2.69. The number of benzene rings is 1. The van der Waals surface area contributed by atoms with E-state index in [0.717, 1.165) is 30.2 Å². The molecule has 1 aliphatic carbocycles. The van der Waals surface area contributed by atoms with Crippen molar-refractivity contribution in [1.82, 2.24) is 30.1 Å². The van der Waals surface area contributed by atoms with Crippen LogP contribution in [0.15, 0.2) is 42.0 Å². The van der Waals surface area contributed by atoms with Crippen LogP contribution in [0.2, 0.25) is 0 Å². The van der Waals surface area contributed by atoms with Gasteiger partial charge in [0.15, 0.2) is 5.65 Å². The average molecular weight is 473 g/mol. The second-order valence-corrected chi connectivity index (χ2v) is 10.0. The van der Waals surface area contributed by atoms with Crippen molar-refractivity contribution in [3.8, 4) is 11.3 Å². The van der Waals surface area contributed by atoms with Crippen molar-refractivity contribution in [2.75, 3.05) is 24.5 Å². The lowest BCUT2D eigenvalue weighted by Gasteiger charge is -2.25. The monoisotopic (exact) mass is 472 g/mol. The molecule has 34 heavy (non-hydrogen) atoms. The van der Waals surface area contributed by atoms with E-state index < -0.39 is 0 Å². The number of anilines is 1. The number of nitrogens with two attached hydrogens (primary N) is 1. The molecule has 4 aromatic heterocycles. The molecule has 8 nitrogen and oxygen atoms in total. The average Bonchev–Trinajstić information content (AvgIpc) is 3.35.